The third-order valence-electron chi connectivity index (χ3n) is 4.81. The number of aromatic nitrogens is 5. The van der Waals surface area contributed by atoms with E-state index in [0.717, 1.165) is 9.08 Å². The Kier molecular flexibility index (Phi) is 10.9. The number of aliphatic carboxylic acids is 2. The Labute approximate surface area is 213 Å². The van der Waals surface area contributed by atoms with Gasteiger partial charge < -0.3 is 31.9 Å². The van der Waals surface area contributed by atoms with E-state index in [9.17, 15) is 28.8 Å². The summed E-state index contributed by atoms with van der Waals surface area (Å²) in [5, 5.41) is 32.3. The molecule has 0 spiro atoms. The molecule has 2 aromatic rings. The fraction of sp³-hybridized carbons (Fsp3) is 0.526. The van der Waals surface area contributed by atoms with Crippen LogP contribution >= 0.6 is 11.8 Å². The maximum absolute atomic E-state index is 12.4. The highest BCUT2D eigenvalue weighted by Crippen LogP contribution is 2.07. The number of nitrogens with two attached hydrogens (primary N) is 1. The number of amides is 3. The first-order valence-electron chi connectivity index (χ1n) is 10.9. The summed E-state index contributed by atoms with van der Waals surface area (Å²) in [6, 6.07) is -2.29. The second-order valence-electron chi connectivity index (χ2n) is 7.68. The van der Waals surface area contributed by atoms with Crippen LogP contribution in [0.3, 0.4) is 0 Å². The fourth-order valence-electron chi connectivity index (χ4n) is 2.85. The molecule has 0 aliphatic carbocycles. The van der Waals surface area contributed by atoms with E-state index in [1.165, 1.54) is 25.1 Å². The molecular formula is C19H27N9O8S. The summed E-state index contributed by atoms with van der Waals surface area (Å²) in [5.74, 6) is -3.82. The number of carbonyl (C=O) groups excluding carboxylic acids is 3. The third-order valence-corrected chi connectivity index (χ3v) is 5.96. The lowest BCUT2D eigenvalue weighted by molar-refractivity contribution is -0.139. The minimum atomic E-state index is -1.26. The molecule has 0 radical (unpaired) electrons. The van der Waals surface area contributed by atoms with Crippen molar-refractivity contribution in [3.05, 3.63) is 22.5 Å². The van der Waals surface area contributed by atoms with Crippen molar-refractivity contribution in [2.45, 2.75) is 31.3 Å². The average Bonchev–Trinajstić information content (AvgIpc) is 3.29. The number of rotatable bonds is 15. The van der Waals surface area contributed by atoms with Crippen molar-refractivity contribution in [2.75, 3.05) is 24.6 Å². The van der Waals surface area contributed by atoms with E-state index in [2.05, 4.69) is 31.2 Å². The van der Waals surface area contributed by atoms with Crippen LogP contribution in [0.15, 0.2) is 11.1 Å². The normalized spacial score (nSPS) is 12.5. The Morgan fingerprint density at radius 2 is 1.92 bits per heavy atom. The fourth-order valence-corrected chi connectivity index (χ4v) is 3.83. The second-order valence-corrected chi connectivity index (χ2v) is 8.83. The summed E-state index contributed by atoms with van der Waals surface area (Å²) in [4.78, 5) is 74.2. The van der Waals surface area contributed by atoms with Crippen LogP contribution in [0, 0.1) is 0 Å². The van der Waals surface area contributed by atoms with Crippen LogP contribution < -0.4 is 27.4 Å². The maximum Gasteiger partial charge on any atom is 0.352 e. The molecule has 0 fully saturated rings. The first-order chi connectivity index (χ1) is 17.5. The summed E-state index contributed by atoms with van der Waals surface area (Å²) < 4.78 is 2.09. The van der Waals surface area contributed by atoms with E-state index in [1.807, 2.05) is 0 Å². The minimum absolute atomic E-state index is 0.0187. The Morgan fingerprint density at radius 1 is 1.19 bits per heavy atom. The van der Waals surface area contributed by atoms with Crippen molar-refractivity contribution >= 4 is 47.1 Å². The molecule has 3 amide bonds. The Balaban J connectivity index is 1.81. The average molecular weight is 542 g/mol. The van der Waals surface area contributed by atoms with Crippen LogP contribution in [0.2, 0.25) is 0 Å². The standard InChI is InChI=1S/C19H27N9O8S/c1-27-19(36)28-9-23-14(15(28)25-26-27)17(33)21-5-2-6-37-8-11(16(32)22-7-13(30)31)24-12(29)4-3-10(20)18(34)35/h9-11H,2-8,20H2,1H3,(H,21,33)(H,22,32)(H,24,29)(H,30,31)(H,34,35)/t10-,11?/m0/s1. The summed E-state index contributed by atoms with van der Waals surface area (Å²) in [6.07, 6.45) is 1.28. The van der Waals surface area contributed by atoms with Gasteiger partial charge in [-0.15, -0.1) is 5.10 Å². The predicted octanol–water partition coefficient (Wildman–Crippen LogP) is -3.45. The number of nitrogens with zero attached hydrogens (tertiary/aromatic N) is 5. The molecule has 7 N–H and O–H groups in total. The number of hydrogen-bond donors (Lipinski definition) is 6. The van der Waals surface area contributed by atoms with Gasteiger partial charge in [0.25, 0.3) is 5.91 Å². The van der Waals surface area contributed by atoms with Crippen LogP contribution in [0.1, 0.15) is 29.8 Å². The molecule has 202 valence electrons. The molecule has 18 heteroatoms. The van der Waals surface area contributed by atoms with Crippen LogP contribution in [0.5, 0.6) is 0 Å². The smallest absolute Gasteiger partial charge is 0.352 e. The van der Waals surface area contributed by atoms with Gasteiger partial charge in [0, 0.05) is 25.8 Å². The highest BCUT2D eigenvalue weighted by Gasteiger charge is 2.22. The molecule has 0 saturated carbocycles. The maximum atomic E-state index is 12.4. The molecule has 0 saturated heterocycles. The van der Waals surface area contributed by atoms with E-state index >= 15 is 0 Å². The summed E-state index contributed by atoms with van der Waals surface area (Å²) in [6.45, 7) is -0.399. The highest BCUT2D eigenvalue weighted by molar-refractivity contribution is 7.99. The van der Waals surface area contributed by atoms with Crippen LogP contribution in [-0.4, -0.2) is 101 Å². The number of imidazole rings is 1. The topological polar surface area (TPSA) is 253 Å². The lowest BCUT2D eigenvalue weighted by atomic mass is 10.1. The lowest BCUT2D eigenvalue weighted by Gasteiger charge is -2.18. The molecule has 0 bridgehead atoms. The molecule has 0 aromatic carbocycles. The number of carboxylic acid groups (broad SMARTS) is 2. The van der Waals surface area contributed by atoms with E-state index < -0.39 is 54.0 Å². The van der Waals surface area contributed by atoms with Crippen molar-refractivity contribution in [3.63, 3.8) is 0 Å². The van der Waals surface area contributed by atoms with Gasteiger partial charge in [-0.25, -0.2) is 14.2 Å². The van der Waals surface area contributed by atoms with Gasteiger partial charge >= 0.3 is 17.6 Å². The van der Waals surface area contributed by atoms with Gasteiger partial charge in [0.15, 0.2) is 11.3 Å². The van der Waals surface area contributed by atoms with Gasteiger partial charge in [-0.2, -0.15) is 16.4 Å². The summed E-state index contributed by atoms with van der Waals surface area (Å²) in [7, 11) is 1.41. The zero-order valence-corrected chi connectivity index (χ0v) is 20.6. The molecule has 2 aromatic heterocycles. The van der Waals surface area contributed by atoms with Gasteiger partial charge in [0.05, 0.1) is 0 Å². The molecule has 0 aliphatic heterocycles. The number of thioether (sulfide) groups is 1. The zero-order valence-electron chi connectivity index (χ0n) is 19.7. The van der Waals surface area contributed by atoms with Gasteiger partial charge in [-0.3, -0.25) is 24.0 Å². The Bertz CT molecular complexity index is 1210. The Morgan fingerprint density at radius 3 is 2.59 bits per heavy atom. The van der Waals surface area contributed by atoms with Crippen molar-refractivity contribution < 1.29 is 34.2 Å². The lowest BCUT2D eigenvalue weighted by Crippen LogP contribution is -2.49. The Hall–Kier alpha value is -4.06. The van der Waals surface area contributed by atoms with Gasteiger partial charge in [-0.05, 0) is 18.6 Å². The second kappa shape index (κ2) is 13.9. The van der Waals surface area contributed by atoms with Crippen molar-refractivity contribution in [1.29, 1.82) is 0 Å². The molecule has 2 atom stereocenters. The van der Waals surface area contributed by atoms with E-state index in [-0.39, 0.29) is 36.5 Å². The number of nitrogens with one attached hydrogen (secondary N) is 3. The van der Waals surface area contributed by atoms with Gasteiger partial charge in [-0.1, -0.05) is 5.21 Å². The first-order valence-corrected chi connectivity index (χ1v) is 12.1. The number of hydrogen-bond acceptors (Lipinski definition) is 11. The molecule has 2 rings (SSSR count). The monoisotopic (exact) mass is 541 g/mol. The first kappa shape index (κ1) is 29.2. The quantitative estimate of drug-likeness (QED) is 0.120. The summed E-state index contributed by atoms with van der Waals surface area (Å²) in [5.41, 5.74) is 4.82. The van der Waals surface area contributed by atoms with Crippen molar-refractivity contribution in [3.8, 4) is 0 Å². The van der Waals surface area contributed by atoms with Crippen LogP contribution in [0.25, 0.3) is 5.65 Å². The van der Waals surface area contributed by atoms with Gasteiger partial charge in [0.2, 0.25) is 11.8 Å². The molecule has 1 unspecified atom stereocenters. The minimum Gasteiger partial charge on any atom is -0.480 e. The largest absolute Gasteiger partial charge is 0.480 e. The summed E-state index contributed by atoms with van der Waals surface area (Å²) >= 11 is 1.27. The van der Waals surface area contributed by atoms with E-state index in [1.54, 1.807) is 0 Å². The highest BCUT2D eigenvalue weighted by atomic mass is 32.2. The molecule has 0 aliphatic rings. The zero-order chi connectivity index (χ0) is 27.5. The van der Waals surface area contributed by atoms with Crippen LogP contribution in [-0.2, 0) is 26.2 Å². The van der Waals surface area contributed by atoms with E-state index in [4.69, 9.17) is 15.9 Å². The molecular weight excluding hydrogens is 514 g/mol. The van der Waals surface area contributed by atoms with Crippen LogP contribution in [0.4, 0.5) is 0 Å². The SMILES string of the molecule is Cn1nnc2c(C(=O)NCCCSCC(NC(=O)CC[C@H](N)C(=O)O)C(=O)NCC(=O)O)ncn2c1=O. The third kappa shape index (κ3) is 8.83. The van der Waals surface area contributed by atoms with Crippen molar-refractivity contribution in [2.24, 2.45) is 12.8 Å². The number of fused-ring (bicyclic) bond motifs is 1. The molecule has 37 heavy (non-hydrogen) atoms. The number of carboxylic acids is 2. The van der Waals surface area contributed by atoms with Gasteiger partial charge in [0.1, 0.15) is 25.0 Å². The molecule has 17 nitrogen and oxygen atoms in total. The number of carbonyl (C=O) groups is 5. The number of aryl methyl sites for hydroxylation is 1. The molecule has 2 heterocycles. The van der Waals surface area contributed by atoms with E-state index in [0.29, 0.717) is 12.2 Å². The van der Waals surface area contributed by atoms with Crippen molar-refractivity contribution in [1.82, 2.24) is 40.3 Å². The predicted molar refractivity (Wildman–Crippen MR) is 128 cm³/mol.